The van der Waals surface area contributed by atoms with Crippen LogP contribution in [0.3, 0.4) is 0 Å². The van der Waals surface area contributed by atoms with E-state index < -0.39 is 97.8 Å². The predicted molar refractivity (Wildman–Crippen MR) is 129 cm³/mol. The summed E-state index contributed by atoms with van der Waals surface area (Å²) in [6.07, 6.45) is -2.68. The van der Waals surface area contributed by atoms with Gasteiger partial charge in [0.1, 0.15) is 18.1 Å². The first-order valence-corrected chi connectivity index (χ1v) is 11.5. The molecule has 10 N–H and O–H groups in total. The van der Waals surface area contributed by atoms with Gasteiger partial charge in [-0.3, -0.25) is 28.8 Å². The SMILES string of the molecule is NC(=O)CC(NC(=O)C(CCC(=O)O)NC(=O)C(CCC(=O)O)NC(=O)C(N)Cc1ccccc1)C(=O)O. The summed E-state index contributed by atoms with van der Waals surface area (Å²) in [4.78, 5) is 82.8. The van der Waals surface area contributed by atoms with Crippen LogP contribution in [0.4, 0.5) is 0 Å². The highest BCUT2D eigenvalue weighted by Gasteiger charge is 2.31. The number of amides is 4. The van der Waals surface area contributed by atoms with Crippen LogP contribution < -0.4 is 27.4 Å². The fourth-order valence-electron chi connectivity index (χ4n) is 3.26. The molecular formula is C23H31N5O10. The van der Waals surface area contributed by atoms with E-state index in [0.717, 1.165) is 5.56 Å². The molecule has 15 nitrogen and oxygen atoms in total. The molecule has 38 heavy (non-hydrogen) atoms. The summed E-state index contributed by atoms with van der Waals surface area (Å²) >= 11 is 0. The lowest BCUT2D eigenvalue weighted by Gasteiger charge is -2.24. The third-order valence-electron chi connectivity index (χ3n) is 5.21. The number of hydrogen-bond acceptors (Lipinski definition) is 8. The largest absolute Gasteiger partial charge is 0.481 e. The molecule has 0 aliphatic carbocycles. The van der Waals surface area contributed by atoms with E-state index in [9.17, 15) is 38.7 Å². The maximum atomic E-state index is 13.0. The van der Waals surface area contributed by atoms with Crippen molar-refractivity contribution >= 4 is 41.5 Å². The van der Waals surface area contributed by atoms with Crippen LogP contribution in [-0.2, 0) is 40.0 Å². The van der Waals surface area contributed by atoms with E-state index in [1.54, 1.807) is 30.3 Å². The van der Waals surface area contributed by atoms with E-state index in [1.807, 2.05) is 5.32 Å². The zero-order valence-electron chi connectivity index (χ0n) is 20.3. The molecule has 1 rings (SSSR count). The number of hydrogen-bond donors (Lipinski definition) is 8. The van der Waals surface area contributed by atoms with E-state index in [0.29, 0.717) is 0 Å². The molecular weight excluding hydrogens is 506 g/mol. The van der Waals surface area contributed by atoms with Crippen molar-refractivity contribution in [3.8, 4) is 0 Å². The molecule has 1 aromatic rings. The first-order valence-electron chi connectivity index (χ1n) is 11.5. The summed E-state index contributed by atoms with van der Waals surface area (Å²) in [5.74, 6) is -8.17. The van der Waals surface area contributed by atoms with Crippen molar-refractivity contribution in [2.24, 2.45) is 11.5 Å². The second-order valence-electron chi connectivity index (χ2n) is 8.35. The zero-order chi connectivity index (χ0) is 28.8. The average Bonchev–Trinajstić information content (AvgIpc) is 2.83. The van der Waals surface area contributed by atoms with Gasteiger partial charge in [0.25, 0.3) is 0 Å². The number of nitrogens with one attached hydrogen (secondary N) is 3. The van der Waals surface area contributed by atoms with Crippen LogP contribution in [0.1, 0.15) is 37.7 Å². The Morgan fingerprint density at radius 1 is 0.711 bits per heavy atom. The Hall–Kier alpha value is -4.53. The maximum Gasteiger partial charge on any atom is 0.326 e. The van der Waals surface area contributed by atoms with Gasteiger partial charge >= 0.3 is 17.9 Å². The van der Waals surface area contributed by atoms with E-state index >= 15 is 0 Å². The summed E-state index contributed by atoms with van der Waals surface area (Å²) in [5, 5.41) is 33.8. The van der Waals surface area contributed by atoms with Gasteiger partial charge in [-0.15, -0.1) is 0 Å². The lowest BCUT2D eigenvalue weighted by Crippen LogP contribution is -2.57. The summed E-state index contributed by atoms with van der Waals surface area (Å²) < 4.78 is 0. The summed E-state index contributed by atoms with van der Waals surface area (Å²) in [6, 6.07) is 2.79. The number of carbonyl (C=O) groups is 7. The van der Waals surface area contributed by atoms with Crippen LogP contribution in [-0.4, -0.2) is 81.0 Å². The quantitative estimate of drug-likeness (QED) is 0.105. The third-order valence-corrected chi connectivity index (χ3v) is 5.21. The number of primary amides is 1. The van der Waals surface area contributed by atoms with Crippen LogP contribution in [0, 0.1) is 0 Å². The molecule has 0 aliphatic heterocycles. The molecule has 0 spiro atoms. The summed E-state index contributed by atoms with van der Waals surface area (Å²) in [6.45, 7) is 0. The van der Waals surface area contributed by atoms with E-state index in [4.69, 9.17) is 21.7 Å². The smallest absolute Gasteiger partial charge is 0.326 e. The minimum atomic E-state index is -1.75. The first-order chi connectivity index (χ1) is 17.8. The van der Waals surface area contributed by atoms with Crippen molar-refractivity contribution in [1.82, 2.24) is 16.0 Å². The fourth-order valence-corrected chi connectivity index (χ4v) is 3.26. The van der Waals surface area contributed by atoms with Gasteiger partial charge in [0.2, 0.25) is 23.6 Å². The number of aliphatic carboxylic acids is 3. The van der Waals surface area contributed by atoms with Gasteiger partial charge in [-0.25, -0.2) is 4.79 Å². The second kappa shape index (κ2) is 15.6. The molecule has 0 fully saturated rings. The lowest BCUT2D eigenvalue weighted by atomic mass is 10.0. The van der Waals surface area contributed by atoms with E-state index in [1.165, 1.54) is 0 Å². The van der Waals surface area contributed by atoms with E-state index in [2.05, 4.69) is 10.6 Å². The molecule has 0 saturated heterocycles. The predicted octanol–water partition coefficient (Wildman–Crippen LogP) is -2.30. The Labute approximate surface area is 216 Å². The molecule has 15 heteroatoms. The third kappa shape index (κ3) is 11.9. The zero-order valence-corrected chi connectivity index (χ0v) is 20.3. The molecule has 0 bridgehead atoms. The Morgan fingerprint density at radius 2 is 1.16 bits per heavy atom. The van der Waals surface area contributed by atoms with Crippen molar-refractivity contribution in [1.29, 1.82) is 0 Å². The highest BCUT2D eigenvalue weighted by Crippen LogP contribution is 2.06. The van der Waals surface area contributed by atoms with Gasteiger partial charge in [-0.05, 0) is 24.8 Å². The number of carboxylic acids is 3. The Morgan fingerprint density at radius 3 is 1.58 bits per heavy atom. The number of carbonyl (C=O) groups excluding carboxylic acids is 4. The molecule has 1 aromatic carbocycles. The van der Waals surface area contributed by atoms with Crippen LogP contribution in [0.2, 0.25) is 0 Å². The van der Waals surface area contributed by atoms with E-state index in [-0.39, 0.29) is 6.42 Å². The normalized spacial score (nSPS) is 13.7. The maximum absolute atomic E-state index is 13.0. The van der Waals surface area contributed by atoms with Crippen LogP contribution in [0.5, 0.6) is 0 Å². The van der Waals surface area contributed by atoms with Crippen molar-refractivity contribution in [3.63, 3.8) is 0 Å². The molecule has 4 unspecified atom stereocenters. The number of carboxylic acid groups (broad SMARTS) is 3. The van der Waals surface area contributed by atoms with Crippen LogP contribution in [0.15, 0.2) is 30.3 Å². The van der Waals surface area contributed by atoms with Crippen molar-refractivity contribution in [2.45, 2.75) is 62.7 Å². The highest BCUT2D eigenvalue weighted by atomic mass is 16.4. The highest BCUT2D eigenvalue weighted by molar-refractivity contribution is 5.95. The molecule has 4 amide bonds. The van der Waals surface area contributed by atoms with Crippen molar-refractivity contribution in [2.75, 3.05) is 0 Å². The van der Waals surface area contributed by atoms with Crippen molar-refractivity contribution in [3.05, 3.63) is 35.9 Å². The molecule has 0 saturated carbocycles. The Balaban J connectivity index is 3.03. The molecule has 0 aromatic heterocycles. The summed E-state index contributed by atoms with van der Waals surface area (Å²) in [5.41, 5.74) is 11.6. The standard InChI is InChI=1S/C23H31N5O10/c24-13(10-12-4-2-1-3-5-12)20(34)26-14(6-8-18(30)31)21(35)27-15(7-9-19(32)33)22(36)28-16(23(37)38)11-17(25)29/h1-5,13-16H,6-11,24H2,(H2,25,29)(H,26,34)(H,27,35)(H,28,36)(H,30,31)(H,32,33)(H,37,38). The van der Waals surface area contributed by atoms with Gasteiger partial charge in [0, 0.05) is 12.8 Å². The van der Waals surface area contributed by atoms with Gasteiger partial charge in [0.15, 0.2) is 0 Å². The second-order valence-corrected chi connectivity index (χ2v) is 8.35. The van der Waals surface area contributed by atoms with Crippen LogP contribution in [0.25, 0.3) is 0 Å². The molecule has 4 atom stereocenters. The molecule has 0 radical (unpaired) electrons. The number of benzene rings is 1. The van der Waals surface area contributed by atoms with Gasteiger partial charge in [-0.2, -0.15) is 0 Å². The van der Waals surface area contributed by atoms with Gasteiger partial charge in [-0.1, -0.05) is 30.3 Å². The van der Waals surface area contributed by atoms with Crippen LogP contribution >= 0.6 is 0 Å². The number of nitrogens with two attached hydrogens (primary N) is 2. The minimum Gasteiger partial charge on any atom is -0.481 e. The topological polar surface area (TPSA) is 268 Å². The monoisotopic (exact) mass is 537 g/mol. The lowest BCUT2D eigenvalue weighted by molar-refractivity contribution is -0.144. The molecule has 0 heterocycles. The summed E-state index contributed by atoms with van der Waals surface area (Å²) in [7, 11) is 0. The van der Waals surface area contributed by atoms with Gasteiger partial charge in [0.05, 0.1) is 12.5 Å². The Kier molecular flexibility index (Phi) is 12.9. The molecule has 0 aliphatic rings. The first kappa shape index (κ1) is 31.5. The van der Waals surface area contributed by atoms with Crippen molar-refractivity contribution < 1.29 is 48.9 Å². The minimum absolute atomic E-state index is 0.111. The molecule has 208 valence electrons. The van der Waals surface area contributed by atoms with Gasteiger partial charge < -0.3 is 42.7 Å². The number of rotatable bonds is 17. The average molecular weight is 538 g/mol. The Bertz CT molecular complexity index is 1030. The fraction of sp³-hybridized carbons (Fsp3) is 0.435.